The van der Waals surface area contributed by atoms with E-state index >= 15 is 0 Å². The molecule has 0 saturated heterocycles. The number of aromatic nitrogens is 1. The third-order valence-corrected chi connectivity index (χ3v) is 5.29. The Hall–Kier alpha value is -2.07. The molecular weight excluding hydrogens is 376 g/mol. The number of hydrogen-bond donors (Lipinski definition) is 0. The third kappa shape index (κ3) is 4.62. The van der Waals surface area contributed by atoms with Crippen molar-refractivity contribution in [2.45, 2.75) is 20.0 Å². The van der Waals surface area contributed by atoms with E-state index in [0.29, 0.717) is 10.0 Å². The van der Waals surface area contributed by atoms with Gasteiger partial charge >= 0.3 is 6.92 Å². The molecule has 0 spiro atoms. The van der Waals surface area contributed by atoms with Gasteiger partial charge in [-0.1, -0.05) is 59.6 Å². The van der Waals surface area contributed by atoms with Gasteiger partial charge in [0.2, 0.25) is 0 Å². The lowest BCUT2D eigenvalue weighted by molar-refractivity contribution is 0.262. The van der Waals surface area contributed by atoms with E-state index in [1.165, 1.54) is 0 Å². The van der Waals surface area contributed by atoms with Crippen LogP contribution < -0.4 is 10.9 Å². The second kappa shape index (κ2) is 8.75. The molecular formula is C22H20BCl2NO. The molecule has 0 amide bonds. The summed E-state index contributed by atoms with van der Waals surface area (Å²) in [6.07, 6.45) is 3.13. The van der Waals surface area contributed by atoms with Gasteiger partial charge in [0.1, 0.15) is 6.10 Å². The monoisotopic (exact) mass is 395 g/mol. The fourth-order valence-corrected chi connectivity index (χ4v) is 3.21. The Kier molecular flexibility index (Phi) is 6.38. The van der Waals surface area contributed by atoms with Crippen LogP contribution in [0.15, 0.2) is 73.4 Å². The Balaban J connectivity index is 2.04. The molecule has 1 unspecified atom stereocenters. The van der Waals surface area contributed by atoms with Crippen LogP contribution in [0.5, 0.6) is 0 Å². The maximum Gasteiger partial charge on any atom is 0.362 e. The second-order valence-electron chi connectivity index (χ2n) is 6.44. The van der Waals surface area contributed by atoms with Crippen LogP contribution in [0, 0.1) is 13.8 Å². The molecule has 3 aromatic rings. The minimum Gasteiger partial charge on any atom is -0.415 e. The van der Waals surface area contributed by atoms with E-state index in [-0.39, 0.29) is 13.0 Å². The number of benzene rings is 2. The maximum atomic E-state index is 6.45. The van der Waals surface area contributed by atoms with Crippen molar-refractivity contribution in [3.63, 3.8) is 0 Å². The normalized spacial score (nSPS) is 11.9. The summed E-state index contributed by atoms with van der Waals surface area (Å²) >= 11 is 12.8. The molecule has 1 atom stereocenters. The van der Waals surface area contributed by atoms with Gasteiger partial charge in [0.25, 0.3) is 0 Å². The lowest BCUT2D eigenvalue weighted by Gasteiger charge is -2.22. The molecule has 0 fully saturated rings. The summed E-state index contributed by atoms with van der Waals surface area (Å²) < 4.78 is 6.45. The minimum absolute atomic E-state index is 0.355. The van der Waals surface area contributed by atoms with Crippen LogP contribution in [-0.4, -0.2) is 11.9 Å². The highest BCUT2D eigenvalue weighted by molar-refractivity contribution is 6.80. The van der Waals surface area contributed by atoms with Crippen LogP contribution >= 0.6 is 23.2 Å². The van der Waals surface area contributed by atoms with Crippen LogP contribution in [0.3, 0.4) is 0 Å². The summed E-state index contributed by atoms with van der Waals surface area (Å²) in [6, 6.07) is 17.6. The van der Waals surface area contributed by atoms with Gasteiger partial charge in [0, 0.05) is 16.2 Å². The maximum absolute atomic E-state index is 6.45. The smallest absolute Gasteiger partial charge is 0.362 e. The largest absolute Gasteiger partial charge is 0.415 e. The van der Waals surface area contributed by atoms with Gasteiger partial charge in [-0.2, -0.15) is 0 Å². The van der Waals surface area contributed by atoms with Gasteiger partial charge < -0.3 is 4.65 Å². The fourth-order valence-electron chi connectivity index (χ4n) is 2.83. The van der Waals surface area contributed by atoms with Crippen LogP contribution in [0.1, 0.15) is 22.9 Å². The standard InChI is InChI=1S/C22H20BCl2NO/c1-4-22(21-7-5-6-12-26-21)27-23(17-10-8-15(2)19(24)13-17)18-11-9-16(3)20(25)14-18/h4-14,22H,1H2,2-3H3. The second-order valence-corrected chi connectivity index (χ2v) is 7.26. The Morgan fingerprint density at radius 2 is 1.56 bits per heavy atom. The quantitative estimate of drug-likeness (QED) is 0.430. The molecule has 0 aliphatic heterocycles. The number of pyridine rings is 1. The molecule has 1 heterocycles. The first kappa shape index (κ1) is 19.7. The van der Waals surface area contributed by atoms with E-state index in [2.05, 4.69) is 11.6 Å². The highest BCUT2D eigenvalue weighted by atomic mass is 35.5. The first-order valence-electron chi connectivity index (χ1n) is 8.70. The molecule has 1 aromatic heterocycles. The van der Waals surface area contributed by atoms with E-state index in [9.17, 15) is 0 Å². The van der Waals surface area contributed by atoms with Crippen molar-refractivity contribution in [3.8, 4) is 0 Å². The Labute approximate surface area is 170 Å². The molecule has 0 aliphatic rings. The van der Waals surface area contributed by atoms with Crippen molar-refractivity contribution < 1.29 is 4.65 Å². The third-order valence-electron chi connectivity index (χ3n) is 4.47. The van der Waals surface area contributed by atoms with Crippen LogP contribution in [-0.2, 0) is 4.65 Å². The van der Waals surface area contributed by atoms with Gasteiger partial charge in [-0.25, -0.2) is 0 Å². The van der Waals surface area contributed by atoms with E-state index < -0.39 is 0 Å². The lowest BCUT2D eigenvalue weighted by atomic mass is 9.55. The summed E-state index contributed by atoms with van der Waals surface area (Å²) in [7, 11) is 0. The Bertz CT molecular complexity index is 895. The van der Waals surface area contributed by atoms with E-state index in [1.807, 2.05) is 68.4 Å². The summed E-state index contributed by atoms with van der Waals surface area (Å²) in [4.78, 5) is 4.41. The van der Waals surface area contributed by atoms with Gasteiger partial charge in [-0.3, -0.25) is 4.98 Å². The number of nitrogens with zero attached hydrogens (tertiary/aromatic N) is 1. The summed E-state index contributed by atoms with van der Waals surface area (Å²) in [5.74, 6) is 0. The molecule has 2 nitrogen and oxygen atoms in total. The zero-order valence-corrected chi connectivity index (χ0v) is 16.8. The summed E-state index contributed by atoms with van der Waals surface area (Å²) in [5.41, 5.74) is 4.74. The molecule has 2 aromatic carbocycles. The average molecular weight is 396 g/mol. The molecule has 0 bridgehead atoms. The Morgan fingerprint density at radius 1 is 0.963 bits per heavy atom. The fraction of sp³-hybridized carbons (Fsp3) is 0.136. The van der Waals surface area contributed by atoms with Gasteiger partial charge in [-0.05, 0) is 60.2 Å². The molecule has 136 valence electrons. The highest BCUT2D eigenvalue weighted by Crippen LogP contribution is 2.20. The molecule has 0 N–H and O–H groups in total. The number of aryl methyl sites for hydroxylation is 2. The number of rotatable bonds is 6. The predicted octanol–water partition coefficient (Wildman–Crippen LogP) is 5.05. The van der Waals surface area contributed by atoms with E-state index in [0.717, 1.165) is 27.7 Å². The molecule has 0 saturated carbocycles. The zero-order chi connectivity index (χ0) is 19.4. The van der Waals surface area contributed by atoms with E-state index in [1.54, 1.807) is 12.3 Å². The van der Waals surface area contributed by atoms with Crippen LogP contribution in [0.2, 0.25) is 10.0 Å². The van der Waals surface area contributed by atoms with Crippen molar-refractivity contribution in [2.75, 3.05) is 0 Å². The number of halogens is 2. The molecule has 5 heteroatoms. The summed E-state index contributed by atoms with van der Waals surface area (Å²) in [6.45, 7) is 7.52. The summed E-state index contributed by atoms with van der Waals surface area (Å²) in [5, 5.41) is 1.40. The van der Waals surface area contributed by atoms with Crippen LogP contribution in [0.4, 0.5) is 0 Å². The number of hydrogen-bond acceptors (Lipinski definition) is 2. The Morgan fingerprint density at radius 3 is 2.00 bits per heavy atom. The predicted molar refractivity (Wildman–Crippen MR) is 116 cm³/mol. The van der Waals surface area contributed by atoms with Gasteiger partial charge in [-0.15, -0.1) is 6.58 Å². The lowest BCUT2D eigenvalue weighted by Crippen LogP contribution is -2.45. The first-order chi connectivity index (χ1) is 13.0. The van der Waals surface area contributed by atoms with Crippen molar-refractivity contribution in [1.82, 2.24) is 4.98 Å². The minimum atomic E-state index is -0.364. The van der Waals surface area contributed by atoms with Gasteiger partial charge in [0.15, 0.2) is 0 Å². The highest BCUT2D eigenvalue weighted by Gasteiger charge is 2.26. The van der Waals surface area contributed by atoms with Crippen molar-refractivity contribution in [3.05, 3.63) is 100 Å². The molecule has 3 rings (SSSR count). The SMILES string of the molecule is C=CC(OB(c1ccc(C)c(Cl)c1)c1ccc(C)c(Cl)c1)c1ccccn1. The van der Waals surface area contributed by atoms with Crippen molar-refractivity contribution >= 4 is 41.0 Å². The topological polar surface area (TPSA) is 22.1 Å². The van der Waals surface area contributed by atoms with Gasteiger partial charge in [0.05, 0.1) is 5.69 Å². The van der Waals surface area contributed by atoms with Crippen LogP contribution in [0.25, 0.3) is 0 Å². The zero-order valence-electron chi connectivity index (χ0n) is 15.3. The van der Waals surface area contributed by atoms with Crippen molar-refractivity contribution in [2.24, 2.45) is 0 Å². The first-order valence-corrected chi connectivity index (χ1v) is 9.46. The molecule has 27 heavy (non-hydrogen) atoms. The molecule has 0 radical (unpaired) electrons. The van der Waals surface area contributed by atoms with E-state index in [4.69, 9.17) is 27.9 Å². The van der Waals surface area contributed by atoms with Crippen molar-refractivity contribution in [1.29, 1.82) is 0 Å². The molecule has 0 aliphatic carbocycles. The average Bonchev–Trinajstić information content (AvgIpc) is 2.68.